The van der Waals surface area contributed by atoms with Crippen molar-refractivity contribution in [2.45, 2.75) is 0 Å². The predicted molar refractivity (Wildman–Crippen MR) is 116 cm³/mol. The van der Waals surface area contributed by atoms with Crippen LogP contribution in [-0.4, -0.2) is 23.3 Å². The number of hydrogen-bond donors (Lipinski definition) is 2. The van der Waals surface area contributed by atoms with E-state index in [0.717, 1.165) is 10.8 Å². The number of rotatable bonds is 6. The molecule has 0 unspecified atom stereocenters. The zero-order valence-corrected chi connectivity index (χ0v) is 16.0. The Labute approximate surface area is 173 Å². The number of amides is 2. The van der Waals surface area contributed by atoms with Gasteiger partial charge in [0.05, 0.1) is 12.7 Å². The number of nitrogens with zero attached hydrogens (tertiary/aromatic N) is 1. The Morgan fingerprint density at radius 2 is 1.63 bits per heavy atom. The SMILES string of the molecule is O=C(CNC(=O)c1ccc(Oc2cccnc2)cc1)Nc1cccc2ccccc12. The summed E-state index contributed by atoms with van der Waals surface area (Å²) >= 11 is 0. The van der Waals surface area contributed by atoms with E-state index in [2.05, 4.69) is 15.6 Å². The molecule has 0 aliphatic rings. The van der Waals surface area contributed by atoms with Gasteiger partial charge < -0.3 is 15.4 Å². The fraction of sp³-hybridized carbons (Fsp3) is 0.0417. The second kappa shape index (κ2) is 8.87. The van der Waals surface area contributed by atoms with Gasteiger partial charge in [0, 0.05) is 22.8 Å². The zero-order chi connectivity index (χ0) is 20.8. The molecule has 0 radical (unpaired) electrons. The molecule has 0 aliphatic carbocycles. The largest absolute Gasteiger partial charge is 0.456 e. The van der Waals surface area contributed by atoms with Crippen LogP contribution in [0, 0.1) is 0 Å². The zero-order valence-electron chi connectivity index (χ0n) is 16.0. The molecule has 1 heterocycles. The summed E-state index contributed by atoms with van der Waals surface area (Å²) in [5.41, 5.74) is 1.15. The average molecular weight is 397 g/mol. The van der Waals surface area contributed by atoms with Crippen LogP contribution >= 0.6 is 0 Å². The number of fused-ring (bicyclic) bond motifs is 1. The van der Waals surface area contributed by atoms with Gasteiger partial charge in [0.1, 0.15) is 11.5 Å². The molecule has 4 aromatic rings. The van der Waals surface area contributed by atoms with E-state index in [4.69, 9.17) is 4.74 Å². The highest BCUT2D eigenvalue weighted by Crippen LogP contribution is 2.23. The summed E-state index contributed by atoms with van der Waals surface area (Å²) in [6.45, 7) is -0.129. The van der Waals surface area contributed by atoms with Crippen molar-refractivity contribution in [3.63, 3.8) is 0 Å². The lowest BCUT2D eigenvalue weighted by atomic mass is 10.1. The molecule has 0 bridgehead atoms. The number of benzene rings is 3. The van der Waals surface area contributed by atoms with Gasteiger partial charge in [-0.15, -0.1) is 0 Å². The van der Waals surface area contributed by atoms with E-state index in [9.17, 15) is 9.59 Å². The Morgan fingerprint density at radius 1 is 0.833 bits per heavy atom. The lowest BCUT2D eigenvalue weighted by Gasteiger charge is -2.10. The first-order valence-electron chi connectivity index (χ1n) is 9.43. The molecular weight excluding hydrogens is 378 g/mol. The predicted octanol–water partition coefficient (Wildman–Crippen LogP) is 4.40. The lowest BCUT2D eigenvalue weighted by Crippen LogP contribution is -2.32. The molecule has 0 aliphatic heterocycles. The second-order valence-corrected chi connectivity index (χ2v) is 6.57. The summed E-state index contributed by atoms with van der Waals surface area (Å²) in [7, 11) is 0. The number of nitrogens with one attached hydrogen (secondary N) is 2. The highest BCUT2D eigenvalue weighted by atomic mass is 16.5. The van der Waals surface area contributed by atoms with E-state index in [-0.39, 0.29) is 18.4 Å². The minimum atomic E-state index is -0.337. The van der Waals surface area contributed by atoms with Gasteiger partial charge in [-0.1, -0.05) is 36.4 Å². The van der Waals surface area contributed by atoms with Gasteiger partial charge in [0.2, 0.25) is 5.91 Å². The molecule has 4 rings (SSSR count). The van der Waals surface area contributed by atoms with Crippen molar-refractivity contribution >= 4 is 28.3 Å². The third-order valence-electron chi connectivity index (χ3n) is 4.46. The van der Waals surface area contributed by atoms with Gasteiger partial charge in [-0.25, -0.2) is 0 Å². The number of anilines is 1. The molecule has 0 atom stereocenters. The Kier molecular flexibility index (Phi) is 5.66. The molecule has 0 saturated carbocycles. The van der Waals surface area contributed by atoms with Gasteiger partial charge in [0.15, 0.2) is 0 Å². The van der Waals surface area contributed by atoms with Crippen LogP contribution in [0.5, 0.6) is 11.5 Å². The first-order chi connectivity index (χ1) is 14.7. The lowest BCUT2D eigenvalue weighted by molar-refractivity contribution is -0.115. The molecule has 2 amide bonds. The van der Waals surface area contributed by atoms with Gasteiger partial charge >= 0.3 is 0 Å². The highest BCUT2D eigenvalue weighted by Gasteiger charge is 2.10. The van der Waals surface area contributed by atoms with Gasteiger partial charge in [0.25, 0.3) is 5.91 Å². The van der Waals surface area contributed by atoms with Crippen LogP contribution in [0.25, 0.3) is 10.8 Å². The maximum atomic E-state index is 12.3. The third-order valence-corrected chi connectivity index (χ3v) is 4.46. The van der Waals surface area contributed by atoms with Crippen molar-refractivity contribution in [2.75, 3.05) is 11.9 Å². The van der Waals surface area contributed by atoms with Crippen molar-refractivity contribution in [1.29, 1.82) is 0 Å². The maximum absolute atomic E-state index is 12.3. The first-order valence-corrected chi connectivity index (χ1v) is 9.43. The highest BCUT2D eigenvalue weighted by molar-refractivity contribution is 6.04. The summed E-state index contributed by atoms with van der Waals surface area (Å²) in [6, 6.07) is 23.7. The standard InChI is InChI=1S/C24H19N3O3/c28-23(27-22-9-3-6-17-5-1-2-8-21(17)22)16-26-24(29)18-10-12-19(13-11-18)30-20-7-4-14-25-15-20/h1-15H,16H2,(H,26,29)(H,27,28). The Balaban J connectivity index is 1.33. The van der Waals surface area contributed by atoms with Crippen LogP contribution in [0.3, 0.4) is 0 Å². The van der Waals surface area contributed by atoms with Crippen LogP contribution < -0.4 is 15.4 Å². The molecule has 0 spiro atoms. The number of aromatic nitrogens is 1. The Bertz CT molecular complexity index is 1170. The van der Waals surface area contributed by atoms with Crippen LogP contribution in [0.1, 0.15) is 10.4 Å². The first kappa shape index (κ1) is 19.1. The van der Waals surface area contributed by atoms with Gasteiger partial charge in [-0.2, -0.15) is 0 Å². The fourth-order valence-corrected chi connectivity index (χ4v) is 3.01. The Morgan fingerprint density at radius 3 is 2.43 bits per heavy atom. The average Bonchev–Trinajstić information content (AvgIpc) is 2.79. The van der Waals surface area contributed by atoms with Crippen LogP contribution in [0.15, 0.2) is 91.3 Å². The van der Waals surface area contributed by atoms with Crippen molar-refractivity contribution in [1.82, 2.24) is 10.3 Å². The van der Waals surface area contributed by atoms with Gasteiger partial charge in [-0.3, -0.25) is 14.6 Å². The van der Waals surface area contributed by atoms with Crippen LogP contribution in [0.2, 0.25) is 0 Å². The van der Waals surface area contributed by atoms with Crippen LogP contribution in [0.4, 0.5) is 5.69 Å². The number of carbonyl (C=O) groups is 2. The molecular formula is C24H19N3O3. The van der Waals surface area contributed by atoms with E-state index in [0.29, 0.717) is 22.7 Å². The normalized spacial score (nSPS) is 10.4. The monoisotopic (exact) mass is 397 g/mol. The third kappa shape index (κ3) is 4.62. The molecule has 2 N–H and O–H groups in total. The molecule has 0 saturated heterocycles. The molecule has 3 aromatic carbocycles. The summed E-state index contributed by atoms with van der Waals surface area (Å²) in [5.74, 6) is 0.570. The van der Waals surface area contributed by atoms with E-state index >= 15 is 0 Å². The molecule has 148 valence electrons. The van der Waals surface area contributed by atoms with E-state index in [1.165, 1.54) is 0 Å². The Hall–Kier alpha value is -4.19. The molecule has 0 fully saturated rings. The number of hydrogen-bond acceptors (Lipinski definition) is 4. The molecule has 6 nitrogen and oxygen atoms in total. The van der Waals surface area contributed by atoms with E-state index in [1.807, 2.05) is 42.5 Å². The van der Waals surface area contributed by atoms with Crippen molar-refractivity contribution < 1.29 is 14.3 Å². The minimum Gasteiger partial charge on any atom is -0.456 e. The minimum absolute atomic E-state index is 0.129. The summed E-state index contributed by atoms with van der Waals surface area (Å²) in [4.78, 5) is 28.6. The number of carbonyl (C=O) groups excluding carboxylic acids is 2. The molecule has 1 aromatic heterocycles. The summed E-state index contributed by atoms with van der Waals surface area (Å²) in [5, 5.41) is 7.47. The fourth-order valence-electron chi connectivity index (χ4n) is 3.01. The number of pyridine rings is 1. The van der Waals surface area contributed by atoms with Crippen molar-refractivity contribution in [2.24, 2.45) is 0 Å². The molecule has 30 heavy (non-hydrogen) atoms. The van der Waals surface area contributed by atoms with Crippen molar-refractivity contribution in [3.05, 3.63) is 96.8 Å². The van der Waals surface area contributed by atoms with Crippen molar-refractivity contribution in [3.8, 4) is 11.5 Å². The smallest absolute Gasteiger partial charge is 0.251 e. The number of ether oxygens (including phenoxy) is 1. The van der Waals surface area contributed by atoms with E-state index < -0.39 is 0 Å². The topological polar surface area (TPSA) is 80.3 Å². The quantitative estimate of drug-likeness (QED) is 0.505. The summed E-state index contributed by atoms with van der Waals surface area (Å²) < 4.78 is 5.65. The van der Waals surface area contributed by atoms with Crippen LogP contribution in [-0.2, 0) is 4.79 Å². The second-order valence-electron chi connectivity index (χ2n) is 6.57. The van der Waals surface area contributed by atoms with Gasteiger partial charge in [-0.05, 0) is 47.9 Å². The molecule has 6 heteroatoms. The maximum Gasteiger partial charge on any atom is 0.251 e. The summed E-state index contributed by atoms with van der Waals surface area (Å²) in [6.07, 6.45) is 3.27. The van der Waals surface area contributed by atoms with E-state index in [1.54, 1.807) is 48.8 Å².